The van der Waals surface area contributed by atoms with Crippen molar-refractivity contribution in [2.24, 2.45) is 0 Å². The van der Waals surface area contributed by atoms with Gasteiger partial charge in [-0.05, 0) is 30.7 Å². The van der Waals surface area contributed by atoms with Gasteiger partial charge in [-0.1, -0.05) is 36.4 Å². The third kappa shape index (κ3) is 3.30. The van der Waals surface area contributed by atoms with Crippen molar-refractivity contribution < 1.29 is 4.79 Å². The first-order valence-electron chi connectivity index (χ1n) is 8.29. The predicted molar refractivity (Wildman–Crippen MR) is 100.0 cm³/mol. The van der Waals surface area contributed by atoms with Gasteiger partial charge in [-0.15, -0.1) is 0 Å². The monoisotopic (exact) mass is 343 g/mol. The van der Waals surface area contributed by atoms with Crippen molar-refractivity contribution in [3.05, 3.63) is 83.8 Å². The molecule has 0 radical (unpaired) electrons. The van der Waals surface area contributed by atoms with Gasteiger partial charge < -0.3 is 5.32 Å². The van der Waals surface area contributed by atoms with Crippen LogP contribution in [-0.2, 0) is 6.54 Å². The summed E-state index contributed by atoms with van der Waals surface area (Å²) in [6.45, 7) is 2.51. The molecule has 0 fully saturated rings. The van der Waals surface area contributed by atoms with Gasteiger partial charge in [-0.3, -0.25) is 4.79 Å². The fourth-order valence-corrected chi connectivity index (χ4v) is 2.77. The lowest BCUT2D eigenvalue weighted by molar-refractivity contribution is 0.102. The number of nitrogens with zero attached hydrogens (tertiary/aromatic N) is 4. The number of fused-ring (bicyclic) bond motifs is 1. The number of aryl methyl sites for hydroxylation is 1. The smallest absolute Gasteiger partial charge is 0.258 e. The van der Waals surface area contributed by atoms with E-state index in [-0.39, 0.29) is 5.91 Å². The van der Waals surface area contributed by atoms with E-state index in [1.165, 1.54) is 0 Å². The van der Waals surface area contributed by atoms with Crippen LogP contribution in [0.1, 0.15) is 21.6 Å². The molecule has 4 rings (SSSR count). The summed E-state index contributed by atoms with van der Waals surface area (Å²) in [5.74, 6) is 0.281. The van der Waals surface area contributed by atoms with Gasteiger partial charge in [0, 0.05) is 17.3 Å². The highest BCUT2D eigenvalue weighted by molar-refractivity contribution is 6.05. The number of aromatic nitrogens is 4. The number of rotatable bonds is 4. The molecule has 0 bridgehead atoms. The predicted octanol–water partition coefficient (Wildman–Crippen LogP) is 3.44. The van der Waals surface area contributed by atoms with Gasteiger partial charge in [0.05, 0.1) is 18.3 Å². The highest BCUT2D eigenvalue weighted by Crippen LogP contribution is 2.16. The zero-order valence-corrected chi connectivity index (χ0v) is 14.3. The van der Waals surface area contributed by atoms with E-state index >= 15 is 0 Å². The largest absolute Gasteiger partial charge is 0.307 e. The summed E-state index contributed by atoms with van der Waals surface area (Å²) >= 11 is 0. The Balaban J connectivity index is 1.57. The zero-order chi connectivity index (χ0) is 17.9. The Bertz CT molecular complexity index is 1070. The van der Waals surface area contributed by atoms with Crippen molar-refractivity contribution in [1.82, 2.24) is 19.7 Å². The fourth-order valence-electron chi connectivity index (χ4n) is 2.77. The van der Waals surface area contributed by atoms with E-state index in [4.69, 9.17) is 0 Å². The molecule has 0 saturated heterocycles. The number of hydrogen-bond acceptors (Lipinski definition) is 4. The molecule has 0 aliphatic carbocycles. The fraction of sp³-hybridized carbons (Fsp3) is 0.100. The molecule has 26 heavy (non-hydrogen) atoms. The summed E-state index contributed by atoms with van der Waals surface area (Å²) in [6, 6.07) is 17.4. The number of amides is 1. The van der Waals surface area contributed by atoms with Crippen molar-refractivity contribution >= 4 is 22.8 Å². The van der Waals surface area contributed by atoms with E-state index < -0.39 is 0 Å². The summed E-state index contributed by atoms with van der Waals surface area (Å²) in [6.07, 6.45) is 3.30. The van der Waals surface area contributed by atoms with Gasteiger partial charge in [0.1, 0.15) is 5.82 Å². The van der Waals surface area contributed by atoms with Crippen LogP contribution in [0.2, 0.25) is 0 Å². The van der Waals surface area contributed by atoms with E-state index in [0.29, 0.717) is 17.9 Å². The Morgan fingerprint density at radius 2 is 1.92 bits per heavy atom. The summed E-state index contributed by atoms with van der Waals surface area (Å²) in [4.78, 5) is 21.2. The number of anilines is 1. The van der Waals surface area contributed by atoms with Gasteiger partial charge in [0.25, 0.3) is 5.91 Å². The van der Waals surface area contributed by atoms with E-state index in [1.807, 2.05) is 54.1 Å². The Hall–Kier alpha value is -3.54. The molecule has 1 N–H and O–H groups in total. The lowest BCUT2D eigenvalue weighted by Gasteiger charge is -2.06. The molecular formula is C20H17N5O. The summed E-state index contributed by atoms with van der Waals surface area (Å²) in [7, 11) is 0. The Morgan fingerprint density at radius 3 is 2.73 bits per heavy atom. The van der Waals surface area contributed by atoms with Crippen LogP contribution >= 0.6 is 0 Å². The number of benzene rings is 1. The van der Waals surface area contributed by atoms with Gasteiger partial charge >= 0.3 is 0 Å². The number of carbonyl (C=O) groups is 1. The average Bonchev–Trinajstić information content (AvgIpc) is 3.05. The number of carbonyl (C=O) groups excluding carboxylic acids is 1. The van der Waals surface area contributed by atoms with Crippen LogP contribution in [0, 0.1) is 6.92 Å². The van der Waals surface area contributed by atoms with Crippen molar-refractivity contribution in [3.8, 4) is 0 Å². The normalized spacial score (nSPS) is 10.8. The standard InChI is InChI=1S/C20H17N5O/c1-14-6-5-9-18(23-14)24-20(26)17-10-16-12-22-25(19(16)21-11-17)13-15-7-3-2-4-8-15/h2-12H,13H2,1H3,(H,23,24,26). The molecular weight excluding hydrogens is 326 g/mol. The number of pyridine rings is 2. The van der Waals surface area contributed by atoms with E-state index in [1.54, 1.807) is 24.5 Å². The van der Waals surface area contributed by atoms with E-state index in [2.05, 4.69) is 20.4 Å². The maximum absolute atomic E-state index is 12.4. The molecule has 0 aliphatic heterocycles. The maximum Gasteiger partial charge on any atom is 0.258 e. The van der Waals surface area contributed by atoms with Crippen LogP contribution in [0.5, 0.6) is 0 Å². The molecule has 128 valence electrons. The molecule has 1 amide bonds. The second-order valence-corrected chi connectivity index (χ2v) is 6.04. The Labute approximate surface area is 150 Å². The lowest BCUT2D eigenvalue weighted by atomic mass is 10.2. The Morgan fingerprint density at radius 1 is 1.08 bits per heavy atom. The zero-order valence-electron chi connectivity index (χ0n) is 14.3. The molecule has 3 heterocycles. The molecule has 0 atom stereocenters. The van der Waals surface area contributed by atoms with Crippen LogP contribution < -0.4 is 5.32 Å². The SMILES string of the molecule is Cc1cccc(NC(=O)c2cnc3c(cnn3Cc3ccccc3)c2)n1. The minimum absolute atomic E-state index is 0.242. The third-order valence-corrected chi connectivity index (χ3v) is 4.04. The van der Waals surface area contributed by atoms with Crippen LogP contribution in [0.3, 0.4) is 0 Å². The molecule has 0 spiro atoms. The van der Waals surface area contributed by atoms with Crippen LogP contribution in [0.4, 0.5) is 5.82 Å². The van der Waals surface area contributed by atoms with Crippen LogP contribution in [0.15, 0.2) is 67.0 Å². The second kappa shape index (κ2) is 6.76. The quantitative estimate of drug-likeness (QED) is 0.616. The minimum atomic E-state index is -0.242. The summed E-state index contributed by atoms with van der Waals surface area (Å²) < 4.78 is 1.83. The van der Waals surface area contributed by atoms with Gasteiger partial charge in [-0.25, -0.2) is 14.6 Å². The van der Waals surface area contributed by atoms with Gasteiger partial charge in [0.15, 0.2) is 5.65 Å². The molecule has 3 aromatic heterocycles. The van der Waals surface area contributed by atoms with Gasteiger partial charge in [0.2, 0.25) is 0 Å². The Kier molecular flexibility index (Phi) is 4.15. The number of hydrogen-bond donors (Lipinski definition) is 1. The molecule has 0 aliphatic rings. The third-order valence-electron chi connectivity index (χ3n) is 4.04. The van der Waals surface area contributed by atoms with Crippen molar-refractivity contribution in [2.45, 2.75) is 13.5 Å². The van der Waals surface area contributed by atoms with Crippen molar-refractivity contribution in [3.63, 3.8) is 0 Å². The van der Waals surface area contributed by atoms with E-state index in [9.17, 15) is 4.79 Å². The molecule has 0 saturated carbocycles. The first kappa shape index (κ1) is 16.0. The van der Waals surface area contributed by atoms with Crippen molar-refractivity contribution in [1.29, 1.82) is 0 Å². The topological polar surface area (TPSA) is 72.7 Å². The van der Waals surface area contributed by atoms with Crippen LogP contribution in [0.25, 0.3) is 11.0 Å². The maximum atomic E-state index is 12.4. The average molecular weight is 343 g/mol. The highest BCUT2D eigenvalue weighted by atomic mass is 16.1. The summed E-state index contributed by atoms with van der Waals surface area (Å²) in [5.41, 5.74) is 3.21. The number of nitrogens with one attached hydrogen (secondary N) is 1. The van der Waals surface area contributed by atoms with Crippen molar-refractivity contribution in [2.75, 3.05) is 5.32 Å². The first-order valence-corrected chi connectivity index (χ1v) is 8.29. The highest BCUT2D eigenvalue weighted by Gasteiger charge is 2.11. The van der Waals surface area contributed by atoms with Gasteiger partial charge in [-0.2, -0.15) is 5.10 Å². The molecule has 6 heteroatoms. The van der Waals surface area contributed by atoms with Crippen LogP contribution in [-0.4, -0.2) is 25.7 Å². The minimum Gasteiger partial charge on any atom is -0.307 e. The lowest BCUT2D eigenvalue weighted by Crippen LogP contribution is -2.13. The second-order valence-electron chi connectivity index (χ2n) is 6.04. The molecule has 4 aromatic rings. The molecule has 0 unspecified atom stereocenters. The molecule has 1 aromatic carbocycles. The molecule has 6 nitrogen and oxygen atoms in total. The van der Waals surface area contributed by atoms with E-state index in [0.717, 1.165) is 22.3 Å². The first-order chi connectivity index (χ1) is 12.7. The summed E-state index contributed by atoms with van der Waals surface area (Å²) in [5, 5.41) is 8.01.